The van der Waals surface area contributed by atoms with Crippen LogP contribution in [-0.2, 0) is 10.8 Å². The standard InChI is InChI=1S/2C20H24/c2*1-3-5-17-20(16-4-2,18-12-8-6-9-13-18)19-14-10-7-11-15-19/h2*3,5-15H,4,16-17H2,1-2H3/b5-3+;5-3-. The molecule has 0 atom stereocenters. The molecule has 4 aromatic rings. The molecule has 0 bridgehead atoms. The highest BCUT2D eigenvalue weighted by Gasteiger charge is 2.32. The predicted octanol–water partition coefficient (Wildman–Crippen LogP) is 11.5. The molecule has 0 radical (unpaired) electrons. The Labute approximate surface area is 244 Å². The van der Waals surface area contributed by atoms with Crippen molar-refractivity contribution in [3.8, 4) is 0 Å². The molecule has 0 N–H and O–H groups in total. The van der Waals surface area contributed by atoms with E-state index in [1.165, 1.54) is 47.9 Å². The van der Waals surface area contributed by atoms with Crippen LogP contribution in [0.3, 0.4) is 0 Å². The first kappa shape index (κ1) is 30.9. The molecule has 0 spiro atoms. The van der Waals surface area contributed by atoms with Crippen molar-refractivity contribution in [2.75, 3.05) is 0 Å². The second-order valence-corrected chi connectivity index (χ2v) is 10.7. The Morgan fingerprint density at radius 2 is 0.675 bits per heavy atom. The first-order valence-corrected chi connectivity index (χ1v) is 15.1. The average molecular weight is 529 g/mol. The van der Waals surface area contributed by atoms with Crippen LogP contribution in [-0.4, -0.2) is 0 Å². The molecule has 0 saturated heterocycles. The van der Waals surface area contributed by atoms with Crippen LogP contribution in [0.5, 0.6) is 0 Å². The highest BCUT2D eigenvalue weighted by atomic mass is 14.4. The van der Waals surface area contributed by atoms with Crippen molar-refractivity contribution in [1.29, 1.82) is 0 Å². The summed E-state index contributed by atoms with van der Waals surface area (Å²) in [6.07, 6.45) is 15.8. The van der Waals surface area contributed by atoms with Crippen LogP contribution in [0.25, 0.3) is 0 Å². The van der Waals surface area contributed by atoms with E-state index in [0.29, 0.717) is 0 Å². The fourth-order valence-corrected chi connectivity index (χ4v) is 6.11. The molecule has 0 amide bonds. The molecule has 4 rings (SSSR count). The van der Waals surface area contributed by atoms with Gasteiger partial charge in [-0.25, -0.2) is 0 Å². The first-order valence-electron chi connectivity index (χ1n) is 15.1. The summed E-state index contributed by atoms with van der Waals surface area (Å²) in [4.78, 5) is 0. The van der Waals surface area contributed by atoms with Gasteiger partial charge in [0, 0.05) is 10.8 Å². The van der Waals surface area contributed by atoms with Crippen molar-refractivity contribution in [3.63, 3.8) is 0 Å². The lowest BCUT2D eigenvalue weighted by Gasteiger charge is -2.34. The van der Waals surface area contributed by atoms with Crippen LogP contribution in [0.4, 0.5) is 0 Å². The number of benzene rings is 4. The number of hydrogen-bond acceptors (Lipinski definition) is 0. The third-order valence-corrected chi connectivity index (χ3v) is 8.06. The van der Waals surface area contributed by atoms with Gasteiger partial charge in [0.1, 0.15) is 0 Å². The summed E-state index contributed by atoms with van der Waals surface area (Å²) in [5.74, 6) is 0. The molecule has 0 heteroatoms. The zero-order chi connectivity index (χ0) is 28.5. The Kier molecular flexibility index (Phi) is 12.7. The SMILES string of the molecule is C/C=C/CC(CCC)(c1ccccc1)c1ccccc1.C/C=C\CC(CCC)(c1ccccc1)c1ccccc1. The molecule has 40 heavy (non-hydrogen) atoms. The summed E-state index contributed by atoms with van der Waals surface area (Å²) >= 11 is 0. The van der Waals surface area contributed by atoms with E-state index in [1.807, 2.05) is 0 Å². The summed E-state index contributed by atoms with van der Waals surface area (Å²) < 4.78 is 0. The van der Waals surface area contributed by atoms with Gasteiger partial charge in [-0.3, -0.25) is 0 Å². The minimum atomic E-state index is 0.101. The number of hydrogen-bond donors (Lipinski definition) is 0. The van der Waals surface area contributed by atoms with Crippen molar-refractivity contribution >= 4 is 0 Å². The third kappa shape index (κ3) is 7.72. The van der Waals surface area contributed by atoms with E-state index in [1.54, 1.807) is 0 Å². The first-order chi connectivity index (χ1) is 19.7. The van der Waals surface area contributed by atoms with Gasteiger partial charge in [-0.05, 0) is 61.8 Å². The van der Waals surface area contributed by atoms with Gasteiger partial charge >= 0.3 is 0 Å². The quantitative estimate of drug-likeness (QED) is 0.160. The Morgan fingerprint density at radius 3 is 0.875 bits per heavy atom. The smallest absolute Gasteiger partial charge is 0.0237 e. The van der Waals surface area contributed by atoms with Gasteiger partial charge in [0.25, 0.3) is 0 Å². The molecule has 4 aromatic carbocycles. The maximum Gasteiger partial charge on any atom is 0.0237 e. The van der Waals surface area contributed by atoms with E-state index in [9.17, 15) is 0 Å². The number of allylic oxidation sites excluding steroid dienone is 4. The maximum atomic E-state index is 2.30. The monoisotopic (exact) mass is 528 g/mol. The van der Waals surface area contributed by atoms with Crippen molar-refractivity contribution in [2.45, 2.75) is 77.0 Å². The maximum absolute atomic E-state index is 2.30. The highest BCUT2D eigenvalue weighted by molar-refractivity contribution is 5.41. The zero-order valence-corrected chi connectivity index (χ0v) is 25.1. The summed E-state index contributed by atoms with van der Waals surface area (Å²) in [5, 5.41) is 0. The average Bonchev–Trinajstić information content (AvgIpc) is 3.03. The number of rotatable bonds is 12. The van der Waals surface area contributed by atoms with Crippen molar-refractivity contribution in [2.24, 2.45) is 0 Å². The van der Waals surface area contributed by atoms with Crippen LogP contribution in [0.15, 0.2) is 146 Å². The summed E-state index contributed by atoms with van der Waals surface area (Å²) in [6.45, 7) is 8.76. The van der Waals surface area contributed by atoms with Crippen molar-refractivity contribution in [1.82, 2.24) is 0 Å². The third-order valence-electron chi connectivity index (χ3n) is 8.06. The summed E-state index contributed by atoms with van der Waals surface area (Å²) in [6, 6.07) is 43.8. The Bertz CT molecular complexity index is 1070. The second kappa shape index (κ2) is 16.5. The molecule has 0 aromatic heterocycles. The normalized spacial score (nSPS) is 11.9. The Balaban J connectivity index is 0.000000220. The Hall–Kier alpha value is -3.64. The summed E-state index contributed by atoms with van der Waals surface area (Å²) in [7, 11) is 0. The van der Waals surface area contributed by atoms with Gasteiger partial charge in [0.2, 0.25) is 0 Å². The molecule has 0 heterocycles. The lowest BCUT2D eigenvalue weighted by Crippen LogP contribution is -2.27. The van der Waals surface area contributed by atoms with Crippen LogP contribution < -0.4 is 0 Å². The Morgan fingerprint density at radius 1 is 0.425 bits per heavy atom. The van der Waals surface area contributed by atoms with Crippen LogP contribution in [0.1, 0.15) is 88.5 Å². The topological polar surface area (TPSA) is 0 Å². The van der Waals surface area contributed by atoms with E-state index in [4.69, 9.17) is 0 Å². The molecule has 0 aliphatic carbocycles. The van der Waals surface area contributed by atoms with E-state index in [2.05, 4.69) is 173 Å². The molecule has 0 aliphatic rings. The van der Waals surface area contributed by atoms with Crippen LogP contribution in [0, 0.1) is 0 Å². The van der Waals surface area contributed by atoms with Crippen molar-refractivity contribution in [3.05, 3.63) is 168 Å². The lowest BCUT2D eigenvalue weighted by molar-refractivity contribution is 0.470. The molecule has 0 saturated carbocycles. The van der Waals surface area contributed by atoms with E-state index < -0.39 is 0 Å². The molecule has 0 unspecified atom stereocenters. The molecular formula is C40H48. The minimum absolute atomic E-state index is 0.101. The molecule has 208 valence electrons. The van der Waals surface area contributed by atoms with Gasteiger partial charge in [-0.1, -0.05) is 172 Å². The summed E-state index contributed by atoms with van der Waals surface area (Å²) in [5.41, 5.74) is 5.89. The lowest BCUT2D eigenvalue weighted by atomic mass is 9.69. The molecule has 0 aliphatic heterocycles. The molecular weight excluding hydrogens is 480 g/mol. The highest BCUT2D eigenvalue weighted by Crippen LogP contribution is 2.41. The van der Waals surface area contributed by atoms with Gasteiger partial charge in [-0.15, -0.1) is 0 Å². The predicted molar refractivity (Wildman–Crippen MR) is 176 cm³/mol. The van der Waals surface area contributed by atoms with E-state index in [0.717, 1.165) is 12.8 Å². The largest absolute Gasteiger partial charge is 0.0916 e. The van der Waals surface area contributed by atoms with Crippen LogP contribution >= 0.6 is 0 Å². The minimum Gasteiger partial charge on any atom is -0.0916 e. The van der Waals surface area contributed by atoms with Gasteiger partial charge in [0.05, 0.1) is 0 Å². The van der Waals surface area contributed by atoms with Gasteiger partial charge in [-0.2, -0.15) is 0 Å². The van der Waals surface area contributed by atoms with Crippen LogP contribution in [0.2, 0.25) is 0 Å². The van der Waals surface area contributed by atoms with E-state index >= 15 is 0 Å². The molecule has 0 nitrogen and oxygen atoms in total. The fraction of sp³-hybridized carbons (Fsp3) is 0.300. The van der Waals surface area contributed by atoms with E-state index in [-0.39, 0.29) is 10.8 Å². The fourth-order valence-electron chi connectivity index (χ4n) is 6.11. The van der Waals surface area contributed by atoms with Crippen molar-refractivity contribution < 1.29 is 0 Å². The zero-order valence-electron chi connectivity index (χ0n) is 25.1. The van der Waals surface area contributed by atoms with Gasteiger partial charge in [0.15, 0.2) is 0 Å². The second-order valence-electron chi connectivity index (χ2n) is 10.7. The van der Waals surface area contributed by atoms with Gasteiger partial charge < -0.3 is 0 Å². The molecule has 0 fully saturated rings.